The molecule has 2 atom stereocenters. The zero-order valence-electron chi connectivity index (χ0n) is 19.2. The summed E-state index contributed by atoms with van der Waals surface area (Å²) in [5.41, 5.74) is 3.39. The third-order valence-corrected chi connectivity index (χ3v) is 6.86. The maximum Gasteiger partial charge on any atom is 0.272 e. The van der Waals surface area contributed by atoms with Crippen molar-refractivity contribution in [1.82, 2.24) is 15.3 Å². The van der Waals surface area contributed by atoms with Gasteiger partial charge in [0.1, 0.15) is 5.82 Å². The fourth-order valence-electron chi connectivity index (χ4n) is 4.83. The van der Waals surface area contributed by atoms with Gasteiger partial charge in [-0.25, -0.2) is 14.4 Å². The number of benzene rings is 2. The Bertz CT molecular complexity index is 1380. The predicted molar refractivity (Wildman–Crippen MR) is 134 cm³/mol. The van der Waals surface area contributed by atoms with Crippen LogP contribution in [0.3, 0.4) is 0 Å². The van der Waals surface area contributed by atoms with E-state index in [1.165, 1.54) is 5.56 Å². The van der Waals surface area contributed by atoms with E-state index in [4.69, 9.17) is 16.6 Å². The number of amides is 1. The minimum atomic E-state index is -0.919. The first kappa shape index (κ1) is 23.9. The molecule has 2 N–H and O–H groups in total. The molecule has 1 amide bonds. The molecule has 0 bridgehead atoms. The molecule has 8 nitrogen and oxygen atoms in total. The molecule has 2 aliphatic rings. The molecular formula is C26H23ClFN5O3. The van der Waals surface area contributed by atoms with Crippen molar-refractivity contribution in [2.24, 2.45) is 0 Å². The van der Waals surface area contributed by atoms with Crippen LogP contribution in [0.2, 0.25) is 5.02 Å². The Balaban J connectivity index is 1.26. The number of nitro groups is 1. The SMILES string of the molecule is O=C(N[C@H]1CCC[C@@H](Nc2ncc(Cl)c(C3=CCc4ccccc43)n2)C1)c1ccc([N+](=O)[O-])cc1F. The number of carbonyl (C=O) groups is 1. The van der Waals surface area contributed by atoms with E-state index < -0.39 is 22.3 Å². The van der Waals surface area contributed by atoms with Crippen LogP contribution in [0, 0.1) is 15.9 Å². The lowest BCUT2D eigenvalue weighted by Crippen LogP contribution is -2.42. The van der Waals surface area contributed by atoms with Crippen molar-refractivity contribution in [3.8, 4) is 0 Å². The fourth-order valence-corrected chi connectivity index (χ4v) is 5.03. The number of nitrogens with one attached hydrogen (secondary N) is 2. The van der Waals surface area contributed by atoms with Crippen molar-refractivity contribution in [3.63, 3.8) is 0 Å². The molecule has 1 heterocycles. The van der Waals surface area contributed by atoms with Crippen LogP contribution < -0.4 is 10.6 Å². The molecule has 0 saturated heterocycles. The van der Waals surface area contributed by atoms with Gasteiger partial charge in [-0.2, -0.15) is 0 Å². The Hall–Kier alpha value is -3.85. The first-order chi connectivity index (χ1) is 17.4. The number of anilines is 1. The Morgan fingerprint density at radius 3 is 2.78 bits per heavy atom. The van der Waals surface area contributed by atoms with Gasteiger partial charge < -0.3 is 10.6 Å². The number of aromatic nitrogens is 2. The molecule has 184 valence electrons. The predicted octanol–water partition coefficient (Wildman–Crippen LogP) is 5.32. The standard InChI is InChI=1S/C26H23ClFN5O3/c27-22-14-29-26(32-24(22)20-10-8-15-4-1-2-7-19(15)20)31-17-6-3-5-16(12-17)30-25(34)21-11-9-18(33(35)36)13-23(21)28/h1-2,4,7,9-11,13-14,16-17H,3,5-6,8,12H2,(H,30,34)(H,29,31,32)/t16-,17+/m0/s1. The molecule has 0 radical (unpaired) electrons. The first-order valence-corrected chi connectivity index (χ1v) is 12.1. The average molecular weight is 508 g/mol. The quantitative estimate of drug-likeness (QED) is 0.345. The number of halogens is 2. The van der Waals surface area contributed by atoms with Gasteiger partial charge >= 0.3 is 0 Å². The topological polar surface area (TPSA) is 110 Å². The van der Waals surface area contributed by atoms with E-state index in [-0.39, 0.29) is 17.6 Å². The molecule has 2 aromatic carbocycles. The van der Waals surface area contributed by atoms with E-state index in [1.54, 1.807) is 6.20 Å². The minimum Gasteiger partial charge on any atom is -0.351 e. The molecule has 0 aliphatic heterocycles. The molecule has 1 saturated carbocycles. The summed E-state index contributed by atoms with van der Waals surface area (Å²) in [6.07, 6.45) is 7.60. The number of nitro benzene ring substituents is 1. The van der Waals surface area contributed by atoms with Gasteiger partial charge in [0.05, 0.1) is 33.5 Å². The number of non-ortho nitro benzene ring substituents is 1. The number of rotatable bonds is 6. The van der Waals surface area contributed by atoms with Crippen molar-refractivity contribution in [1.29, 1.82) is 0 Å². The number of fused-ring (bicyclic) bond motifs is 1. The van der Waals surface area contributed by atoms with Gasteiger partial charge in [0.25, 0.3) is 11.6 Å². The van der Waals surface area contributed by atoms with Gasteiger partial charge in [0.15, 0.2) is 0 Å². The summed E-state index contributed by atoms with van der Waals surface area (Å²) < 4.78 is 14.3. The highest BCUT2D eigenvalue weighted by molar-refractivity contribution is 6.32. The van der Waals surface area contributed by atoms with Gasteiger partial charge in [0, 0.05) is 23.7 Å². The van der Waals surface area contributed by atoms with E-state index in [2.05, 4.69) is 33.8 Å². The highest BCUT2D eigenvalue weighted by Crippen LogP contribution is 2.35. The zero-order chi connectivity index (χ0) is 25.2. The summed E-state index contributed by atoms with van der Waals surface area (Å²) in [5.74, 6) is -1.06. The van der Waals surface area contributed by atoms with Crippen molar-refractivity contribution in [2.45, 2.75) is 44.2 Å². The highest BCUT2D eigenvalue weighted by Gasteiger charge is 2.26. The number of hydrogen-bond acceptors (Lipinski definition) is 6. The molecule has 10 heteroatoms. The Morgan fingerprint density at radius 1 is 1.17 bits per heavy atom. The van der Waals surface area contributed by atoms with Crippen molar-refractivity contribution < 1.29 is 14.1 Å². The number of carbonyl (C=O) groups excluding carboxylic acids is 1. The molecule has 3 aromatic rings. The summed E-state index contributed by atoms with van der Waals surface area (Å²) in [6.45, 7) is 0. The summed E-state index contributed by atoms with van der Waals surface area (Å²) in [4.78, 5) is 31.8. The second-order valence-corrected chi connectivity index (χ2v) is 9.38. The monoisotopic (exact) mass is 507 g/mol. The lowest BCUT2D eigenvalue weighted by Gasteiger charge is -2.30. The maximum absolute atomic E-state index is 14.3. The molecule has 1 fully saturated rings. The molecule has 0 unspecified atom stereocenters. The van der Waals surface area contributed by atoms with Crippen LogP contribution >= 0.6 is 11.6 Å². The van der Waals surface area contributed by atoms with Gasteiger partial charge in [0.2, 0.25) is 5.95 Å². The summed E-state index contributed by atoms with van der Waals surface area (Å²) in [7, 11) is 0. The molecular weight excluding hydrogens is 485 g/mol. The van der Waals surface area contributed by atoms with Gasteiger partial charge in [-0.3, -0.25) is 14.9 Å². The van der Waals surface area contributed by atoms with E-state index in [9.17, 15) is 19.3 Å². The summed E-state index contributed by atoms with van der Waals surface area (Å²) >= 11 is 6.45. The van der Waals surface area contributed by atoms with Crippen LogP contribution in [0.25, 0.3) is 5.57 Å². The second kappa shape index (κ2) is 10.0. The van der Waals surface area contributed by atoms with E-state index >= 15 is 0 Å². The lowest BCUT2D eigenvalue weighted by molar-refractivity contribution is -0.385. The third kappa shape index (κ3) is 4.92. The van der Waals surface area contributed by atoms with Crippen LogP contribution in [-0.2, 0) is 6.42 Å². The molecule has 1 aromatic heterocycles. The summed E-state index contributed by atoms with van der Waals surface area (Å²) in [5, 5.41) is 17.5. The Morgan fingerprint density at radius 2 is 1.97 bits per heavy atom. The molecule has 5 rings (SSSR count). The third-order valence-electron chi connectivity index (χ3n) is 6.58. The van der Waals surface area contributed by atoms with Crippen LogP contribution in [-0.4, -0.2) is 32.9 Å². The van der Waals surface area contributed by atoms with Gasteiger partial charge in [-0.05, 0) is 49.3 Å². The smallest absolute Gasteiger partial charge is 0.272 e. The normalized spacial score (nSPS) is 18.8. The Labute approximate surface area is 211 Å². The molecule has 2 aliphatic carbocycles. The van der Waals surface area contributed by atoms with Gasteiger partial charge in [-0.1, -0.05) is 41.9 Å². The number of nitrogens with zero attached hydrogens (tertiary/aromatic N) is 3. The van der Waals surface area contributed by atoms with E-state index in [1.807, 2.05) is 12.1 Å². The van der Waals surface area contributed by atoms with Crippen molar-refractivity contribution in [2.75, 3.05) is 5.32 Å². The van der Waals surface area contributed by atoms with E-state index in [0.29, 0.717) is 23.1 Å². The lowest BCUT2D eigenvalue weighted by atomic mass is 9.91. The Kier molecular flexibility index (Phi) is 6.65. The maximum atomic E-state index is 14.3. The fraction of sp³-hybridized carbons (Fsp3) is 0.269. The van der Waals surface area contributed by atoms with Crippen LogP contribution in [0.1, 0.15) is 52.9 Å². The average Bonchev–Trinajstić information content (AvgIpc) is 3.29. The molecule has 36 heavy (non-hydrogen) atoms. The largest absolute Gasteiger partial charge is 0.351 e. The zero-order valence-corrected chi connectivity index (χ0v) is 20.0. The second-order valence-electron chi connectivity index (χ2n) is 8.97. The van der Waals surface area contributed by atoms with Crippen LogP contribution in [0.5, 0.6) is 0 Å². The minimum absolute atomic E-state index is 0.00428. The summed E-state index contributed by atoms with van der Waals surface area (Å²) in [6, 6.07) is 11.0. The van der Waals surface area contributed by atoms with Crippen molar-refractivity contribution >= 4 is 34.7 Å². The van der Waals surface area contributed by atoms with Crippen molar-refractivity contribution in [3.05, 3.63) is 98.1 Å². The first-order valence-electron chi connectivity index (χ1n) is 11.7. The number of allylic oxidation sites excluding steroid dienone is 1. The van der Waals surface area contributed by atoms with Gasteiger partial charge in [-0.15, -0.1) is 0 Å². The van der Waals surface area contributed by atoms with Crippen LogP contribution in [0.4, 0.5) is 16.0 Å². The molecule has 0 spiro atoms. The number of hydrogen-bond donors (Lipinski definition) is 2. The highest BCUT2D eigenvalue weighted by atomic mass is 35.5. The van der Waals surface area contributed by atoms with Crippen LogP contribution in [0.15, 0.2) is 54.7 Å². The van der Waals surface area contributed by atoms with E-state index in [0.717, 1.165) is 55.0 Å².